The maximum Gasteiger partial charge on any atom is 0.498 e. The molecule has 7 rings (SSSR count). The first-order valence-electron chi connectivity index (χ1n) is 15.0. The third kappa shape index (κ3) is 8.02. The lowest BCUT2D eigenvalue weighted by atomic mass is 9.82. The number of halogens is 1. The monoisotopic (exact) mass is 648 g/mol. The van der Waals surface area contributed by atoms with Crippen molar-refractivity contribution in [1.82, 2.24) is 29.5 Å². The molecule has 0 spiro atoms. The number of hydrogen-bond donors (Lipinski definition) is 0. The van der Waals surface area contributed by atoms with Crippen LogP contribution in [0.2, 0.25) is 0 Å². The largest absolute Gasteiger partial charge is 0.498 e. The van der Waals surface area contributed by atoms with E-state index in [0.717, 1.165) is 34.2 Å². The smallest absolute Gasteiger partial charge is 0.399 e. The van der Waals surface area contributed by atoms with E-state index in [-0.39, 0.29) is 25.7 Å². The van der Waals surface area contributed by atoms with Crippen molar-refractivity contribution in [2.24, 2.45) is 14.1 Å². The Hall–Kier alpha value is -2.82. The van der Waals surface area contributed by atoms with Crippen LogP contribution in [0, 0.1) is 0 Å². The lowest BCUT2D eigenvalue weighted by molar-refractivity contribution is 0.00578. The molecule has 1 saturated heterocycles. The van der Waals surface area contributed by atoms with Gasteiger partial charge in [0.15, 0.2) is 0 Å². The number of fused-ring (bicyclic) bond motifs is 2. The Balaban J connectivity index is 0.000000148. The van der Waals surface area contributed by atoms with E-state index >= 15 is 0 Å². The number of pyridine rings is 2. The minimum absolute atomic E-state index is 0. The van der Waals surface area contributed by atoms with E-state index in [2.05, 4.69) is 49.3 Å². The van der Waals surface area contributed by atoms with Crippen LogP contribution < -0.4 is 5.46 Å². The highest BCUT2D eigenvalue weighted by Gasteiger charge is 2.52. The van der Waals surface area contributed by atoms with Gasteiger partial charge in [0.1, 0.15) is 4.60 Å². The zero-order valence-corrected chi connectivity index (χ0v) is 27.3. The third-order valence-corrected chi connectivity index (χ3v) is 9.01. The van der Waals surface area contributed by atoms with E-state index in [1.54, 1.807) is 10.9 Å². The first kappa shape index (κ1) is 33.1. The van der Waals surface area contributed by atoms with Crippen molar-refractivity contribution in [2.75, 3.05) is 0 Å². The van der Waals surface area contributed by atoms with Crippen molar-refractivity contribution < 1.29 is 9.31 Å². The highest BCUT2D eigenvalue weighted by atomic mass is 79.9. The summed E-state index contributed by atoms with van der Waals surface area (Å²) in [6.45, 7) is 8.18. The van der Waals surface area contributed by atoms with E-state index < -0.39 is 0 Å². The highest BCUT2D eigenvalue weighted by Crippen LogP contribution is 2.36. The van der Waals surface area contributed by atoms with Gasteiger partial charge in [0.05, 0.1) is 23.1 Å². The number of rotatable bonds is 2. The summed E-state index contributed by atoms with van der Waals surface area (Å²) in [5.41, 5.74) is 8.01. The molecule has 8 nitrogen and oxygen atoms in total. The minimum atomic E-state index is -0.302. The Bertz CT molecular complexity index is 1500. The van der Waals surface area contributed by atoms with Crippen LogP contribution in [-0.2, 0) is 49.1 Å². The maximum absolute atomic E-state index is 5.89. The Morgan fingerprint density at radius 2 is 1.26 bits per heavy atom. The van der Waals surface area contributed by atoms with Crippen LogP contribution in [0.4, 0.5) is 0 Å². The molecule has 230 valence electrons. The fourth-order valence-electron chi connectivity index (χ4n) is 5.39. The van der Waals surface area contributed by atoms with Crippen molar-refractivity contribution in [3.05, 3.63) is 76.2 Å². The first-order valence-corrected chi connectivity index (χ1v) is 15.8. The summed E-state index contributed by atoms with van der Waals surface area (Å²) in [5.74, 6) is 0. The summed E-state index contributed by atoms with van der Waals surface area (Å²) >= 11 is 3.38. The summed E-state index contributed by atoms with van der Waals surface area (Å²) in [4.78, 5) is 9.17. The van der Waals surface area contributed by atoms with Crippen LogP contribution in [0.15, 0.2) is 53.7 Å². The molecule has 10 heteroatoms. The molecule has 0 bridgehead atoms. The van der Waals surface area contributed by atoms with Gasteiger partial charge in [0.25, 0.3) is 0 Å². The fourth-order valence-corrected chi connectivity index (χ4v) is 5.74. The molecular weight excluding hydrogens is 603 g/mol. The van der Waals surface area contributed by atoms with Crippen molar-refractivity contribution in [1.29, 1.82) is 0 Å². The fraction of sp³-hybridized carbons (Fsp3) is 0.515. The van der Waals surface area contributed by atoms with Gasteiger partial charge >= 0.3 is 7.12 Å². The summed E-state index contributed by atoms with van der Waals surface area (Å²) < 4.78 is 16.3. The molecule has 0 unspecified atom stereocenters. The average molecular weight is 649 g/mol. The number of aromatic nitrogens is 6. The second kappa shape index (κ2) is 13.9. The molecule has 43 heavy (non-hydrogen) atoms. The Morgan fingerprint density at radius 3 is 1.81 bits per heavy atom. The molecule has 0 radical (unpaired) electrons. The molecular formula is C33H46BBrN6O2. The molecule has 1 aliphatic heterocycles. The van der Waals surface area contributed by atoms with Crippen LogP contribution in [0.5, 0.6) is 0 Å². The molecule has 2 aliphatic carbocycles. The zero-order valence-electron chi connectivity index (χ0n) is 25.7. The highest BCUT2D eigenvalue weighted by molar-refractivity contribution is 9.10. The Morgan fingerprint density at radius 1 is 0.721 bits per heavy atom. The van der Waals surface area contributed by atoms with E-state index in [9.17, 15) is 0 Å². The summed E-state index contributed by atoms with van der Waals surface area (Å²) in [7, 11) is 3.51. The molecule has 0 saturated carbocycles. The lowest BCUT2D eigenvalue weighted by Crippen LogP contribution is -2.41. The molecule has 4 aromatic rings. The van der Waals surface area contributed by atoms with E-state index in [0.29, 0.717) is 0 Å². The standard InChI is InChI=1S/C13H15N3.C10H17BN2O2.C9H10BrN.CH4/c1-16-9-11(8-14-16)13-7-6-10-4-2-3-5-12(10)15-13;1-9(2)10(3,4)15-11(14-9)8-6-12-13(5)7-8;10-9-6-5-7-3-1-2-4-8(7)11-9;/h6-9H,2-5H2,1H3;6-7H,1-5H3;5-6H,1-4H2;1H4. The number of nitrogens with zero attached hydrogens (tertiary/aromatic N) is 6. The summed E-state index contributed by atoms with van der Waals surface area (Å²) in [5, 5.41) is 8.30. The predicted molar refractivity (Wildman–Crippen MR) is 177 cm³/mol. The number of hydrogen-bond acceptors (Lipinski definition) is 6. The van der Waals surface area contributed by atoms with Gasteiger partial charge in [0, 0.05) is 55.1 Å². The second-order valence-corrected chi connectivity index (χ2v) is 13.2. The molecule has 1 fully saturated rings. The van der Waals surface area contributed by atoms with Gasteiger partial charge in [-0.05, 0) is 118 Å². The predicted octanol–water partition coefficient (Wildman–Crippen LogP) is 6.44. The Labute approximate surface area is 265 Å². The maximum atomic E-state index is 5.89. The van der Waals surface area contributed by atoms with Crippen molar-refractivity contribution in [2.45, 2.75) is 97.7 Å². The normalized spacial score (nSPS) is 17.8. The first-order chi connectivity index (χ1) is 20.0. The van der Waals surface area contributed by atoms with Gasteiger partial charge in [-0.15, -0.1) is 0 Å². The van der Waals surface area contributed by atoms with Crippen LogP contribution in [-0.4, -0.2) is 47.8 Å². The van der Waals surface area contributed by atoms with Gasteiger partial charge in [0.2, 0.25) is 0 Å². The quantitative estimate of drug-likeness (QED) is 0.184. The van der Waals surface area contributed by atoms with Gasteiger partial charge < -0.3 is 9.31 Å². The van der Waals surface area contributed by atoms with Crippen LogP contribution in [0.3, 0.4) is 0 Å². The van der Waals surface area contributed by atoms with E-state index in [4.69, 9.17) is 14.3 Å². The zero-order chi connectivity index (χ0) is 29.9. The molecule has 4 aromatic heterocycles. The van der Waals surface area contributed by atoms with E-state index in [1.165, 1.54) is 61.0 Å². The van der Waals surface area contributed by atoms with Crippen LogP contribution in [0.1, 0.15) is 83.3 Å². The van der Waals surface area contributed by atoms with Crippen molar-refractivity contribution in [3.63, 3.8) is 0 Å². The summed E-state index contributed by atoms with van der Waals surface area (Å²) in [6.07, 6.45) is 17.5. The van der Waals surface area contributed by atoms with Gasteiger partial charge in [-0.25, -0.2) is 4.98 Å². The second-order valence-electron chi connectivity index (χ2n) is 12.4. The van der Waals surface area contributed by atoms with E-state index in [1.807, 2.05) is 71.1 Å². The van der Waals surface area contributed by atoms with Crippen molar-refractivity contribution in [3.8, 4) is 11.3 Å². The Kier molecular flexibility index (Phi) is 10.7. The van der Waals surface area contributed by atoms with Crippen LogP contribution >= 0.6 is 15.9 Å². The average Bonchev–Trinajstić information content (AvgIpc) is 3.66. The minimum Gasteiger partial charge on any atom is -0.399 e. The topological polar surface area (TPSA) is 79.9 Å². The van der Waals surface area contributed by atoms with Gasteiger partial charge in [-0.1, -0.05) is 19.6 Å². The third-order valence-electron chi connectivity index (χ3n) is 8.57. The SMILES string of the molecule is Brc1ccc2c(n1)CCCC2.C.Cn1cc(-c2ccc3c(n2)CCCC3)cn1.Cn1cc(B2OC(C)(C)C(C)(C)O2)cn1. The molecule has 0 atom stereocenters. The molecule has 0 aromatic carbocycles. The molecule has 0 amide bonds. The van der Waals surface area contributed by atoms with Gasteiger partial charge in [-0.3, -0.25) is 14.3 Å². The number of aryl methyl sites for hydroxylation is 6. The molecule has 5 heterocycles. The summed E-state index contributed by atoms with van der Waals surface area (Å²) in [6, 6.07) is 8.56. The van der Waals surface area contributed by atoms with Crippen LogP contribution in [0.25, 0.3) is 11.3 Å². The molecule has 0 N–H and O–H groups in total. The van der Waals surface area contributed by atoms with Crippen molar-refractivity contribution >= 4 is 28.5 Å². The lowest BCUT2D eigenvalue weighted by Gasteiger charge is -2.32. The van der Waals surface area contributed by atoms with Gasteiger partial charge in [-0.2, -0.15) is 10.2 Å². The molecule has 3 aliphatic rings.